The molecule has 2 atom stereocenters. The van der Waals surface area contributed by atoms with Crippen LogP contribution in [0.2, 0.25) is 0 Å². The molecule has 0 spiro atoms. The minimum atomic E-state index is 0.478. The molecule has 0 aromatic carbocycles. The van der Waals surface area contributed by atoms with E-state index in [1.54, 1.807) is 0 Å². The lowest BCUT2D eigenvalue weighted by atomic mass is 10.2. The molecule has 15 heavy (non-hydrogen) atoms. The van der Waals surface area contributed by atoms with E-state index in [4.69, 9.17) is 4.74 Å². The summed E-state index contributed by atoms with van der Waals surface area (Å²) in [7, 11) is 0. The minimum Gasteiger partial charge on any atom is -0.377 e. The van der Waals surface area contributed by atoms with Crippen molar-refractivity contribution in [2.75, 3.05) is 32.8 Å². The zero-order valence-corrected chi connectivity index (χ0v) is 9.87. The van der Waals surface area contributed by atoms with E-state index in [1.165, 1.54) is 45.3 Å². The second-order valence-electron chi connectivity index (χ2n) is 4.95. The molecule has 3 nitrogen and oxygen atoms in total. The van der Waals surface area contributed by atoms with Crippen molar-refractivity contribution in [3.63, 3.8) is 0 Å². The van der Waals surface area contributed by atoms with Crippen molar-refractivity contribution in [2.45, 2.75) is 44.8 Å². The highest BCUT2D eigenvalue weighted by molar-refractivity contribution is 4.75. The summed E-state index contributed by atoms with van der Waals surface area (Å²) in [6, 6.07) is 0.604. The molecule has 0 amide bonds. The highest BCUT2D eigenvalue weighted by Gasteiger charge is 2.18. The zero-order valence-electron chi connectivity index (χ0n) is 9.87. The summed E-state index contributed by atoms with van der Waals surface area (Å²) >= 11 is 0. The van der Waals surface area contributed by atoms with E-state index in [2.05, 4.69) is 17.1 Å². The summed E-state index contributed by atoms with van der Waals surface area (Å²) in [5, 5.41) is 3.58. The summed E-state index contributed by atoms with van der Waals surface area (Å²) in [5.41, 5.74) is 0. The molecule has 88 valence electrons. The van der Waals surface area contributed by atoms with Crippen LogP contribution in [0.15, 0.2) is 0 Å². The third-order valence-electron chi connectivity index (χ3n) is 3.45. The summed E-state index contributed by atoms with van der Waals surface area (Å²) in [6.07, 6.45) is 5.73. The Kier molecular flexibility index (Phi) is 4.42. The van der Waals surface area contributed by atoms with Crippen LogP contribution in [0.4, 0.5) is 0 Å². The van der Waals surface area contributed by atoms with Crippen LogP contribution in [-0.4, -0.2) is 49.8 Å². The summed E-state index contributed by atoms with van der Waals surface area (Å²) in [5.74, 6) is 0. The van der Waals surface area contributed by atoms with Crippen LogP contribution in [0.25, 0.3) is 0 Å². The molecule has 2 rings (SSSR count). The van der Waals surface area contributed by atoms with Gasteiger partial charge in [-0.25, -0.2) is 0 Å². The molecule has 0 aromatic rings. The van der Waals surface area contributed by atoms with Crippen molar-refractivity contribution in [2.24, 2.45) is 0 Å². The Morgan fingerprint density at radius 3 is 2.80 bits per heavy atom. The van der Waals surface area contributed by atoms with Crippen molar-refractivity contribution < 1.29 is 4.74 Å². The van der Waals surface area contributed by atoms with Gasteiger partial charge < -0.3 is 15.0 Å². The summed E-state index contributed by atoms with van der Waals surface area (Å²) in [6.45, 7) is 8.08. The SMILES string of the molecule is CC(CN1CCCC1)NC[C@H]1CCCO1. The Balaban J connectivity index is 1.57. The van der Waals surface area contributed by atoms with Gasteiger partial charge in [0.25, 0.3) is 0 Å². The van der Waals surface area contributed by atoms with Crippen LogP contribution in [0.5, 0.6) is 0 Å². The van der Waals surface area contributed by atoms with E-state index in [9.17, 15) is 0 Å². The topological polar surface area (TPSA) is 24.5 Å². The molecule has 2 heterocycles. The fourth-order valence-corrected chi connectivity index (χ4v) is 2.56. The standard InChI is InChI=1S/C12H24N2O/c1-11(10-14-6-2-3-7-14)13-9-12-5-4-8-15-12/h11-13H,2-10H2,1H3/t11?,12-/m1/s1. The first kappa shape index (κ1) is 11.4. The van der Waals surface area contributed by atoms with E-state index in [1.807, 2.05) is 0 Å². The van der Waals surface area contributed by atoms with Gasteiger partial charge in [-0.3, -0.25) is 0 Å². The van der Waals surface area contributed by atoms with E-state index in [-0.39, 0.29) is 0 Å². The molecule has 0 aromatic heterocycles. The largest absolute Gasteiger partial charge is 0.377 e. The maximum Gasteiger partial charge on any atom is 0.0700 e. The van der Waals surface area contributed by atoms with Gasteiger partial charge in [0.2, 0.25) is 0 Å². The molecule has 3 heteroatoms. The van der Waals surface area contributed by atoms with E-state index in [0.29, 0.717) is 12.1 Å². The first-order chi connectivity index (χ1) is 7.34. The molecule has 2 saturated heterocycles. The second-order valence-corrected chi connectivity index (χ2v) is 4.95. The Morgan fingerprint density at radius 1 is 1.33 bits per heavy atom. The van der Waals surface area contributed by atoms with Crippen LogP contribution >= 0.6 is 0 Å². The Labute approximate surface area is 93.2 Å². The normalized spacial score (nSPS) is 29.8. The first-order valence-electron chi connectivity index (χ1n) is 6.42. The highest BCUT2D eigenvalue weighted by atomic mass is 16.5. The number of likely N-dealkylation sites (tertiary alicyclic amines) is 1. The molecule has 0 saturated carbocycles. The third kappa shape index (κ3) is 3.74. The highest BCUT2D eigenvalue weighted by Crippen LogP contribution is 2.11. The van der Waals surface area contributed by atoms with E-state index in [0.717, 1.165) is 13.2 Å². The number of rotatable bonds is 5. The van der Waals surface area contributed by atoms with Gasteiger partial charge in [-0.2, -0.15) is 0 Å². The van der Waals surface area contributed by atoms with Crippen LogP contribution in [-0.2, 0) is 4.74 Å². The van der Waals surface area contributed by atoms with Gasteiger partial charge in [0.05, 0.1) is 6.10 Å². The van der Waals surface area contributed by atoms with Crippen LogP contribution in [0.1, 0.15) is 32.6 Å². The second kappa shape index (κ2) is 5.83. The van der Waals surface area contributed by atoms with Crippen molar-refractivity contribution in [3.8, 4) is 0 Å². The zero-order chi connectivity index (χ0) is 10.5. The Bertz CT molecular complexity index is 174. The van der Waals surface area contributed by atoms with Gasteiger partial charge >= 0.3 is 0 Å². The average molecular weight is 212 g/mol. The number of nitrogens with zero attached hydrogens (tertiary/aromatic N) is 1. The van der Waals surface area contributed by atoms with E-state index < -0.39 is 0 Å². The van der Waals surface area contributed by atoms with Crippen LogP contribution < -0.4 is 5.32 Å². The summed E-state index contributed by atoms with van der Waals surface area (Å²) < 4.78 is 5.60. The van der Waals surface area contributed by atoms with Crippen molar-refractivity contribution >= 4 is 0 Å². The van der Waals surface area contributed by atoms with Crippen molar-refractivity contribution in [1.29, 1.82) is 0 Å². The Morgan fingerprint density at radius 2 is 2.13 bits per heavy atom. The molecular formula is C12H24N2O. The van der Waals surface area contributed by atoms with Gasteiger partial charge in [-0.05, 0) is 45.7 Å². The first-order valence-corrected chi connectivity index (χ1v) is 6.42. The molecule has 0 bridgehead atoms. The molecular weight excluding hydrogens is 188 g/mol. The quantitative estimate of drug-likeness (QED) is 0.742. The molecule has 1 unspecified atom stereocenters. The molecule has 2 aliphatic rings. The smallest absolute Gasteiger partial charge is 0.0700 e. The lowest BCUT2D eigenvalue weighted by molar-refractivity contribution is 0.106. The predicted molar refractivity (Wildman–Crippen MR) is 62.1 cm³/mol. The van der Waals surface area contributed by atoms with Crippen molar-refractivity contribution in [3.05, 3.63) is 0 Å². The minimum absolute atomic E-state index is 0.478. The fraction of sp³-hybridized carbons (Fsp3) is 1.00. The molecule has 2 fully saturated rings. The van der Waals surface area contributed by atoms with Gasteiger partial charge in [0.1, 0.15) is 0 Å². The molecule has 0 aliphatic carbocycles. The van der Waals surface area contributed by atoms with Crippen LogP contribution in [0.3, 0.4) is 0 Å². The average Bonchev–Trinajstić information content (AvgIpc) is 2.86. The molecule has 2 aliphatic heterocycles. The predicted octanol–water partition coefficient (Wildman–Crippen LogP) is 1.24. The van der Waals surface area contributed by atoms with Crippen molar-refractivity contribution in [1.82, 2.24) is 10.2 Å². The third-order valence-corrected chi connectivity index (χ3v) is 3.45. The van der Waals surface area contributed by atoms with Crippen LogP contribution in [0, 0.1) is 0 Å². The molecule has 0 radical (unpaired) electrons. The van der Waals surface area contributed by atoms with E-state index >= 15 is 0 Å². The number of nitrogens with one attached hydrogen (secondary N) is 1. The van der Waals surface area contributed by atoms with Gasteiger partial charge in [0.15, 0.2) is 0 Å². The number of ether oxygens (including phenoxy) is 1. The summed E-state index contributed by atoms with van der Waals surface area (Å²) in [4.78, 5) is 2.56. The number of hydrogen-bond donors (Lipinski definition) is 1. The lowest BCUT2D eigenvalue weighted by Crippen LogP contribution is -2.41. The molecule has 1 N–H and O–H groups in total. The Hall–Kier alpha value is -0.120. The van der Waals surface area contributed by atoms with Gasteiger partial charge in [-0.15, -0.1) is 0 Å². The fourth-order valence-electron chi connectivity index (χ4n) is 2.56. The monoisotopic (exact) mass is 212 g/mol. The maximum absolute atomic E-state index is 5.60. The van der Waals surface area contributed by atoms with Gasteiger partial charge in [-0.1, -0.05) is 0 Å². The lowest BCUT2D eigenvalue weighted by Gasteiger charge is -2.22. The maximum atomic E-state index is 5.60. The number of hydrogen-bond acceptors (Lipinski definition) is 3. The van der Waals surface area contributed by atoms with Gasteiger partial charge in [0, 0.05) is 25.7 Å².